The molecule has 0 fully saturated rings. The smallest absolute Gasteiger partial charge is 0.364 e. The summed E-state index contributed by atoms with van der Waals surface area (Å²) in [5, 5.41) is 0. The maximum Gasteiger partial charge on any atom is 0.411 e. The summed E-state index contributed by atoms with van der Waals surface area (Å²) in [5.74, 6) is 0.0614. The number of hydrogen-bond donors (Lipinski definition) is 0. The molecule has 0 aromatic carbocycles. The second-order valence-corrected chi connectivity index (χ2v) is 3.08. The van der Waals surface area contributed by atoms with Crippen molar-refractivity contribution < 1.29 is 22.7 Å². The second-order valence-electron chi connectivity index (χ2n) is 3.08. The third kappa shape index (κ3) is 4.35. The second kappa shape index (κ2) is 5.02. The molecule has 16 heavy (non-hydrogen) atoms. The molecule has 0 aliphatic carbocycles. The zero-order valence-electron chi connectivity index (χ0n) is 8.41. The van der Waals surface area contributed by atoms with E-state index in [4.69, 9.17) is 0 Å². The highest BCUT2D eigenvalue weighted by atomic mass is 19.4. The number of aldehydes is 1. The highest BCUT2D eigenvalue weighted by molar-refractivity contribution is 5.71. The molecule has 88 valence electrons. The summed E-state index contributed by atoms with van der Waals surface area (Å²) in [5.41, 5.74) is 0.626. The van der Waals surface area contributed by atoms with Crippen LogP contribution in [0.2, 0.25) is 0 Å². The first-order chi connectivity index (χ1) is 7.40. The molecule has 0 atom stereocenters. The van der Waals surface area contributed by atoms with E-state index in [0.717, 1.165) is 0 Å². The molecule has 1 aromatic heterocycles. The first-order valence-corrected chi connectivity index (χ1v) is 4.35. The van der Waals surface area contributed by atoms with Crippen LogP contribution in [0.4, 0.5) is 13.2 Å². The molecular weight excluding hydrogens is 225 g/mol. The zero-order valence-corrected chi connectivity index (χ0v) is 8.41. The number of ether oxygens (including phenoxy) is 1. The van der Waals surface area contributed by atoms with E-state index < -0.39 is 12.8 Å². The van der Waals surface area contributed by atoms with Gasteiger partial charge in [0.05, 0.1) is 0 Å². The van der Waals surface area contributed by atoms with Gasteiger partial charge in [0.25, 0.3) is 0 Å². The Kier molecular flexibility index (Phi) is 3.94. The Morgan fingerprint density at radius 2 is 2.12 bits per heavy atom. The first-order valence-electron chi connectivity index (χ1n) is 4.35. The third-order valence-electron chi connectivity index (χ3n) is 1.54. The molecule has 0 saturated carbocycles. The number of rotatable bonds is 4. The maximum atomic E-state index is 11.8. The topological polar surface area (TPSA) is 52.1 Å². The zero-order chi connectivity index (χ0) is 12.2. The predicted molar refractivity (Wildman–Crippen MR) is 47.9 cm³/mol. The molecule has 4 nitrogen and oxygen atoms in total. The van der Waals surface area contributed by atoms with Gasteiger partial charge in [-0.1, -0.05) is 0 Å². The van der Waals surface area contributed by atoms with E-state index >= 15 is 0 Å². The summed E-state index contributed by atoms with van der Waals surface area (Å²) in [7, 11) is 0. The SMILES string of the molecule is Cc1cc(C=O)nc(COCC(F)(F)F)n1. The number of hydrogen-bond acceptors (Lipinski definition) is 4. The van der Waals surface area contributed by atoms with Crippen molar-refractivity contribution in [3.05, 3.63) is 23.3 Å². The van der Waals surface area contributed by atoms with E-state index in [9.17, 15) is 18.0 Å². The summed E-state index contributed by atoms with van der Waals surface area (Å²) in [6, 6.07) is 1.43. The van der Waals surface area contributed by atoms with Gasteiger partial charge in [-0.25, -0.2) is 9.97 Å². The monoisotopic (exact) mass is 234 g/mol. The average molecular weight is 234 g/mol. The van der Waals surface area contributed by atoms with Crippen molar-refractivity contribution in [3.63, 3.8) is 0 Å². The van der Waals surface area contributed by atoms with E-state index in [-0.39, 0.29) is 18.1 Å². The number of carbonyl (C=O) groups is 1. The fraction of sp³-hybridized carbons (Fsp3) is 0.444. The summed E-state index contributed by atoms with van der Waals surface area (Å²) < 4.78 is 39.7. The lowest BCUT2D eigenvalue weighted by Gasteiger charge is -2.07. The largest absolute Gasteiger partial charge is 0.411 e. The fourth-order valence-electron chi connectivity index (χ4n) is 1.04. The quantitative estimate of drug-likeness (QED) is 0.743. The molecule has 0 bridgehead atoms. The van der Waals surface area contributed by atoms with Gasteiger partial charge in [0.1, 0.15) is 18.9 Å². The summed E-state index contributed by atoms with van der Waals surface area (Å²) >= 11 is 0. The number of halogens is 3. The van der Waals surface area contributed by atoms with Crippen molar-refractivity contribution in [1.82, 2.24) is 9.97 Å². The van der Waals surface area contributed by atoms with Crippen LogP contribution in [0.15, 0.2) is 6.07 Å². The molecular formula is C9H9F3N2O2. The van der Waals surface area contributed by atoms with Crippen LogP contribution in [0.1, 0.15) is 22.0 Å². The Labute approximate surface area is 89.5 Å². The minimum absolute atomic E-state index is 0.0614. The standard InChI is InChI=1S/C9H9F3N2O2/c1-6-2-7(3-15)14-8(13-6)4-16-5-9(10,11)12/h2-3H,4-5H2,1H3. The van der Waals surface area contributed by atoms with Crippen molar-refractivity contribution in [2.24, 2.45) is 0 Å². The van der Waals surface area contributed by atoms with Gasteiger partial charge in [-0.2, -0.15) is 13.2 Å². The van der Waals surface area contributed by atoms with E-state index in [1.165, 1.54) is 6.07 Å². The van der Waals surface area contributed by atoms with Crippen molar-refractivity contribution in [2.75, 3.05) is 6.61 Å². The Morgan fingerprint density at radius 1 is 1.44 bits per heavy atom. The molecule has 1 rings (SSSR count). The van der Waals surface area contributed by atoms with Crippen molar-refractivity contribution in [2.45, 2.75) is 19.7 Å². The molecule has 0 N–H and O–H groups in total. The van der Waals surface area contributed by atoms with Gasteiger partial charge in [0, 0.05) is 5.69 Å². The van der Waals surface area contributed by atoms with Gasteiger partial charge in [0.2, 0.25) is 0 Å². The van der Waals surface area contributed by atoms with Crippen LogP contribution in [0, 0.1) is 6.92 Å². The van der Waals surface area contributed by atoms with Crippen molar-refractivity contribution >= 4 is 6.29 Å². The molecule has 0 radical (unpaired) electrons. The third-order valence-corrected chi connectivity index (χ3v) is 1.54. The Balaban J connectivity index is 2.60. The van der Waals surface area contributed by atoms with Crippen LogP contribution in [0.5, 0.6) is 0 Å². The van der Waals surface area contributed by atoms with E-state index in [1.807, 2.05) is 0 Å². The molecule has 1 aromatic rings. The molecule has 7 heteroatoms. The average Bonchev–Trinajstić information content (AvgIpc) is 2.14. The van der Waals surface area contributed by atoms with E-state index in [2.05, 4.69) is 14.7 Å². The van der Waals surface area contributed by atoms with Gasteiger partial charge in [0.15, 0.2) is 12.1 Å². The van der Waals surface area contributed by atoms with Crippen molar-refractivity contribution in [3.8, 4) is 0 Å². The lowest BCUT2D eigenvalue weighted by atomic mass is 10.3. The van der Waals surface area contributed by atoms with Gasteiger partial charge in [-0.3, -0.25) is 4.79 Å². The van der Waals surface area contributed by atoms with Crippen molar-refractivity contribution in [1.29, 1.82) is 0 Å². The van der Waals surface area contributed by atoms with Crippen LogP contribution in [-0.4, -0.2) is 29.0 Å². The lowest BCUT2D eigenvalue weighted by Crippen LogP contribution is -2.17. The van der Waals surface area contributed by atoms with Crippen LogP contribution in [-0.2, 0) is 11.3 Å². The molecule has 1 heterocycles. The predicted octanol–water partition coefficient (Wildman–Crippen LogP) is 1.68. The highest BCUT2D eigenvalue weighted by Crippen LogP contribution is 2.15. The number of aryl methyl sites for hydroxylation is 1. The number of nitrogens with zero attached hydrogens (tertiary/aromatic N) is 2. The first kappa shape index (κ1) is 12.6. The van der Waals surface area contributed by atoms with E-state index in [1.54, 1.807) is 6.92 Å². The van der Waals surface area contributed by atoms with Crippen LogP contribution >= 0.6 is 0 Å². The molecule has 0 unspecified atom stereocenters. The van der Waals surface area contributed by atoms with Crippen LogP contribution in [0.3, 0.4) is 0 Å². The van der Waals surface area contributed by atoms with Gasteiger partial charge < -0.3 is 4.74 Å². The molecule has 0 saturated heterocycles. The van der Waals surface area contributed by atoms with Crippen LogP contribution in [0.25, 0.3) is 0 Å². The lowest BCUT2D eigenvalue weighted by molar-refractivity contribution is -0.177. The highest BCUT2D eigenvalue weighted by Gasteiger charge is 2.27. The van der Waals surface area contributed by atoms with Crippen LogP contribution < -0.4 is 0 Å². The van der Waals surface area contributed by atoms with Gasteiger partial charge >= 0.3 is 6.18 Å². The summed E-state index contributed by atoms with van der Waals surface area (Å²) in [6.07, 6.45) is -3.88. The summed E-state index contributed by atoms with van der Waals surface area (Å²) in [4.78, 5) is 18.0. The molecule has 0 amide bonds. The van der Waals surface area contributed by atoms with Gasteiger partial charge in [-0.05, 0) is 13.0 Å². The Morgan fingerprint density at radius 3 is 2.69 bits per heavy atom. The normalized spacial score (nSPS) is 11.5. The fourth-order valence-corrected chi connectivity index (χ4v) is 1.04. The maximum absolute atomic E-state index is 11.8. The molecule has 0 aliphatic rings. The number of carbonyl (C=O) groups excluding carboxylic acids is 1. The minimum Gasteiger partial charge on any atom is -0.364 e. The molecule has 0 spiro atoms. The number of aromatic nitrogens is 2. The Hall–Kier alpha value is -1.50. The van der Waals surface area contributed by atoms with Gasteiger partial charge in [-0.15, -0.1) is 0 Å². The Bertz CT molecular complexity index is 380. The molecule has 0 aliphatic heterocycles. The number of alkyl halides is 3. The van der Waals surface area contributed by atoms with E-state index in [0.29, 0.717) is 12.0 Å². The summed E-state index contributed by atoms with van der Waals surface area (Å²) in [6.45, 7) is -0.120. The minimum atomic E-state index is -4.38.